The molecule has 0 atom stereocenters. The van der Waals surface area contributed by atoms with Gasteiger partial charge in [-0.05, 0) is 56.0 Å². The molecule has 0 spiro atoms. The van der Waals surface area contributed by atoms with E-state index in [1.54, 1.807) is 0 Å². The van der Waals surface area contributed by atoms with E-state index >= 15 is 0 Å². The molecule has 0 radical (unpaired) electrons. The van der Waals surface area contributed by atoms with Crippen LogP contribution in [0, 0.1) is 0 Å². The highest BCUT2D eigenvalue weighted by Gasteiger charge is 2.54. The summed E-state index contributed by atoms with van der Waals surface area (Å²) in [5, 5.41) is 5.37. The van der Waals surface area contributed by atoms with E-state index in [-0.39, 0.29) is 0 Å². The number of aromatic nitrogens is 1. The molecule has 1 aromatic heterocycles. The minimum atomic E-state index is -3.19. The summed E-state index contributed by atoms with van der Waals surface area (Å²) in [6, 6.07) is 88.0. The smallest absolute Gasteiger partial charge is 0.200 e. The Bertz CT molecular complexity index is 2600. The van der Waals surface area contributed by atoms with Gasteiger partial charge in [0.2, 0.25) is 8.07 Å². The first kappa shape index (κ1) is 34.1. The predicted molar refractivity (Wildman–Crippen MR) is 237 cm³/mol. The molecule has 0 saturated heterocycles. The highest BCUT2D eigenvalue weighted by Crippen LogP contribution is 2.58. The second kappa shape index (κ2) is 14.4. The van der Waals surface area contributed by atoms with E-state index in [1.165, 1.54) is 64.2 Å². The van der Waals surface area contributed by atoms with Crippen LogP contribution in [0.15, 0.2) is 246 Å². The van der Waals surface area contributed by atoms with E-state index in [0.717, 1.165) is 5.69 Å². The Morgan fingerprint density at radius 2 is 0.786 bits per heavy atom. The molecule has 0 unspecified atom stereocenters. The van der Waals surface area contributed by atoms with Gasteiger partial charge in [0.05, 0.1) is 11.1 Å². The molecule has 1 aliphatic heterocycles. The van der Waals surface area contributed by atoms with Crippen molar-refractivity contribution in [2.24, 2.45) is 0 Å². The van der Waals surface area contributed by atoms with Crippen molar-refractivity contribution in [2.75, 3.05) is 0 Å². The molecular weight excluding hydrogens is 711 g/mol. The van der Waals surface area contributed by atoms with Crippen LogP contribution in [-0.2, 0) is 5.41 Å². The zero-order valence-electron chi connectivity index (χ0n) is 30.9. The van der Waals surface area contributed by atoms with Crippen LogP contribution in [0.25, 0.3) is 16.8 Å². The van der Waals surface area contributed by atoms with Gasteiger partial charge in [-0.3, -0.25) is 0 Å². The minimum Gasteiger partial charge on any atom is -0.317 e. The average molecular weight is 750 g/mol. The summed E-state index contributed by atoms with van der Waals surface area (Å²) in [7, 11) is -3.19. The van der Waals surface area contributed by atoms with E-state index in [4.69, 9.17) is 0 Å². The third kappa shape index (κ3) is 5.23. The van der Waals surface area contributed by atoms with E-state index in [9.17, 15) is 0 Å². The Morgan fingerprint density at radius 3 is 1.27 bits per heavy atom. The third-order valence-electron chi connectivity index (χ3n) is 11.5. The zero-order chi connectivity index (χ0) is 37.4. The third-order valence-corrected chi connectivity index (χ3v) is 17.4. The summed E-state index contributed by atoms with van der Waals surface area (Å²) >= 11 is 1.93. The second-order valence-electron chi connectivity index (χ2n) is 14.4. The molecule has 56 heavy (non-hydrogen) atoms. The van der Waals surface area contributed by atoms with Crippen LogP contribution in [0.2, 0.25) is 0 Å². The SMILES string of the molecule is c1ccc(-c2c3c(n(-c4ccccc4)c2[Si](c2ccccc2)(c2ccccc2)c2ccccc2)C(c2ccccc2)(c2ccccc2)c2ccccc2S3)cc1. The summed E-state index contributed by atoms with van der Waals surface area (Å²) in [5.74, 6) is 0. The molecule has 9 aromatic rings. The zero-order valence-corrected chi connectivity index (χ0v) is 32.7. The molecule has 0 aliphatic carbocycles. The van der Waals surface area contributed by atoms with Crippen molar-refractivity contribution in [1.29, 1.82) is 0 Å². The fourth-order valence-corrected chi connectivity index (χ4v) is 15.8. The van der Waals surface area contributed by atoms with Gasteiger partial charge in [0.25, 0.3) is 0 Å². The van der Waals surface area contributed by atoms with Crippen LogP contribution in [0.5, 0.6) is 0 Å². The first-order valence-corrected chi connectivity index (χ1v) is 22.1. The molecule has 266 valence electrons. The summed E-state index contributed by atoms with van der Waals surface area (Å²) in [4.78, 5) is 2.56. The molecule has 1 aliphatic rings. The van der Waals surface area contributed by atoms with Crippen LogP contribution < -0.4 is 20.9 Å². The average Bonchev–Trinajstić information content (AvgIpc) is 3.63. The van der Waals surface area contributed by atoms with Crippen molar-refractivity contribution >= 4 is 40.7 Å². The van der Waals surface area contributed by atoms with Gasteiger partial charge in [0.1, 0.15) is 0 Å². The summed E-state index contributed by atoms with van der Waals surface area (Å²) in [6.07, 6.45) is 0. The van der Waals surface area contributed by atoms with Gasteiger partial charge in [-0.15, -0.1) is 0 Å². The van der Waals surface area contributed by atoms with Crippen LogP contribution in [0.4, 0.5) is 0 Å². The number of para-hydroxylation sites is 1. The molecule has 1 nitrogen and oxygen atoms in total. The Kier molecular flexibility index (Phi) is 8.75. The second-order valence-corrected chi connectivity index (χ2v) is 19.1. The molecule has 8 aromatic carbocycles. The van der Waals surface area contributed by atoms with Crippen molar-refractivity contribution in [2.45, 2.75) is 15.2 Å². The number of nitrogens with zero attached hydrogens (tertiary/aromatic N) is 1. The number of hydrogen-bond donors (Lipinski definition) is 0. The summed E-state index contributed by atoms with van der Waals surface area (Å²) < 4.78 is 2.72. The van der Waals surface area contributed by atoms with E-state index < -0.39 is 13.5 Å². The van der Waals surface area contributed by atoms with Gasteiger partial charge < -0.3 is 4.57 Å². The molecular formula is C53H39NSSi. The maximum absolute atomic E-state index is 3.19. The Hall–Kier alpha value is -6.39. The highest BCUT2D eigenvalue weighted by atomic mass is 32.2. The molecule has 0 amide bonds. The molecule has 0 fully saturated rings. The molecule has 3 heteroatoms. The first-order chi connectivity index (χ1) is 27.8. The number of rotatable bonds is 8. The largest absolute Gasteiger partial charge is 0.317 e. The minimum absolute atomic E-state index is 0.665. The molecule has 0 saturated carbocycles. The first-order valence-electron chi connectivity index (χ1n) is 19.3. The lowest BCUT2D eigenvalue weighted by molar-refractivity contribution is 0.659. The van der Waals surface area contributed by atoms with Gasteiger partial charge in [0.15, 0.2) is 0 Å². The maximum atomic E-state index is 2.72. The lowest BCUT2D eigenvalue weighted by atomic mass is 9.66. The van der Waals surface area contributed by atoms with Crippen LogP contribution in [0.3, 0.4) is 0 Å². The summed E-state index contributed by atoms with van der Waals surface area (Å²) in [5.41, 5.74) is 8.05. The normalized spacial score (nSPS) is 13.1. The van der Waals surface area contributed by atoms with E-state index in [2.05, 4.69) is 241 Å². The topological polar surface area (TPSA) is 4.93 Å². The van der Waals surface area contributed by atoms with Crippen molar-refractivity contribution in [3.63, 3.8) is 0 Å². The monoisotopic (exact) mass is 749 g/mol. The van der Waals surface area contributed by atoms with Crippen molar-refractivity contribution < 1.29 is 0 Å². The summed E-state index contributed by atoms with van der Waals surface area (Å²) in [6.45, 7) is 0. The lowest BCUT2D eigenvalue weighted by Crippen LogP contribution is -2.76. The van der Waals surface area contributed by atoms with E-state index in [0.29, 0.717) is 0 Å². The van der Waals surface area contributed by atoms with Crippen molar-refractivity contribution in [3.8, 4) is 16.8 Å². The number of fused-ring (bicyclic) bond motifs is 2. The van der Waals surface area contributed by atoms with E-state index in [1.807, 2.05) is 11.8 Å². The fourth-order valence-electron chi connectivity index (χ4n) is 9.26. The number of benzene rings is 8. The van der Waals surface area contributed by atoms with Gasteiger partial charge in [-0.25, -0.2) is 0 Å². The van der Waals surface area contributed by atoms with Crippen LogP contribution in [-0.4, -0.2) is 12.6 Å². The predicted octanol–water partition coefficient (Wildman–Crippen LogP) is 10.4. The van der Waals surface area contributed by atoms with Gasteiger partial charge in [-0.1, -0.05) is 230 Å². The standard InChI is InChI=1S/C53H39NSSi/c1-8-24-40(25-9-1)49-50-51(53(41-26-10-2-11-27-41,42-28-12-3-13-29-42)47-38-22-23-39-48(47)55-50)54(43-30-14-4-15-31-43)52(49)56(44-32-16-5-17-33-44,45-34-18-6-19-35-45)46-36-20-7-21-37-46/h1-39H. The Balaban J connectivity index is 1.53. The fraction of sp³-hybridized carbons (Fsp3) is 0.0189. The molecule has 0 bridgehead atoms. The highest BCUT2D eigenvalue weighted by molar-refractivity contribution is 7.99. The molecule has 2 heterocycles. The van der Waals surface area contributed by atoms with Crippen LogP contribution >= 0.6 is 11.8 Å². The van der Waals surface area contributed by atoms with Crippen molar-refractivity contribution in [1.82, 2.24) is 4.57 Å². The van der Waals surface area contributed by atoms with Gasteiger partial charge in [-0.2, -0.15) is 0 Å². The molecule has 10 rings (SSSR count). The Labute approximate surface area is 334 Å². The number of hydrogen-bond acceptors (Lipinski definition) is 1. The maximum Gasteiger partial charge on any atom is 0.200 e. The quantitative estimate of drug-likeness (QED) is 0.111. The Morgan fingerprint density at radius 1 is 0.393 bits per heavy atom. The van der Waals surface area contributed by atoms with Gasteiger partial charge in [0, 0.05) is 26.4 Å². The van der Waals surface area contributed by atoms with Crippen LogP contribution in [0.1, 0.15) is 22.4 Å². The molecule has 0 N–H and O–H groups in total. The van der Waals surface area contributed by atoms with Crippen molar-refractivity contribution in [3.05, 3.63) is 259 Å². The lowest BCUT2D eigenvalue weighted by Gasteiger charge is -2.42. The van der Waals surface area contributed by atoms with Gasteiger partial charge >= 0.3 is 0 Å².